The van der Waals surface area contributed by atoms with Crippen molar-refractivity contribution in [1.82, 2.24) is 15.0 Å². The van der Waals surface area contributed by atoms with Gasteiger partial charge >= 0.3 is 0 Å². The van der Waals surface area contributed by atoms with Crippen molar-refractivity contribution in [1.29, 1.82) is 5.26 Å². The predicted octanol–water partition coefficient (Wildman–Crippen LogP) is 3.25. The Bertz CT molecular complexity index is 1050. The molecule has 7 nitrogen and oxygen atoms in total. The van der Waals surface area contributed by atoms with Crippen molar-refractivity contribution < 1.29 is 4.21 Å². The summed E-state index contributed by atoms with van der Waals surface area (Å²) in [7, 11) is -2.24. The number of nitriles is 1. The largest absolute Gasteiger partial charge is 0.368 e. The Balaban J connectivity index is 1.85. The summed E-state index contributed by atoms with van der Waals surface area (Å²) >= 11 is 0. The quantitative estimate of drug-likeness (QED) is 0.429. The van der Waals surface area contributed by atoms with E-state index in [0.717, 1.165) is 16.9 Å². The molecule has 0 bridgehead atoms. The number of benzene rings is 1. The maximum Gasteiger partial charge on any atom is 0.229 e. The van der Waals surface area contributed by atoms with Crippen LogP contribution in [0.5, 0.6) is 0 Å². The van der Waals surface area contributed by atoms with E-state index in [2.05, 4.69) is 37.5 Å². The van der Waals surface area contributed by atoms with Crippen LogP contribution in [0, 0.1) is 11.3 Å². The summed E-state index contributed by atoms with van der Waals surface area (Å²) in [5, 5.41) is 15.1. The van der Waals surface area contributed by atoms with Gasteiger partial charge in [0.2, 0.25) is 5.95 Å². The molecule has 0 amide bonds. The van der Waals surface area contributed by atoms with Crippen LogP contribution in [0.3, 0.4) is 0 Å². The molecule has 0 saturated heterocycles. The van der Waals surface area contributed by atoms with Crippen molar-refractivity contribution in [3.8, 4) is 17.3 Å². The molecule has 0 aliphatic heterocycles. The van der Waals surface area contributed by atoms with Gasteiger partial charge in [0.05, 0.1) is 23.7 Å². The second kappa shape index (κ2) is 7.93. The van der Waals surface area contributed by atoms with Crippen LogP contribution >= 0.6 is 0 Å². The van der Waals surface area contributed by atoms with Crippen molar-refractivity contribution >= 4 is 32.8 Å². The molecule has 0 fully saturated rings. The SMILES string of the molecule is C=S(C)(=O)c1ccc(Nc2ncc(-c3ccc[nH]3)c(NCCC#N)n2)cc1. The summed E-state index contributed by atoms with van der Waals surface area (Å²) in [6, 6.07) is 13.1. The number of rotatable bonds is 7. The topological polar surface area (TPSA) is 106 Å². The van der Waals surface area contributed by atoms with Crippen LogP contribution in [0.2, 0.25) is 0 Å². The number of nitrogens with one attached hydrogen (secondary N) is 3. The number of nitrogens with zero attached hydrogens (tertiary/aromatic N) is 3. The summed E-state index contributed by atoms with van der Waals surface area (Å²) in [6.45, 7) is 0.490. The minimum absolute atomic E-state index is 0.375. The first kappa shape index (κ1) is 18.5. The van der Waals surface area contributed by atoms with E-state index in [-0.39, 0.29) is 0 Å². The van der Waals surface area contributed by atoms with E-state index in [9.17, 15) is 4.21 Å². The minimum atomic E-state index is -2.24. The number of aromatic amines is 1. The monoisotopic (exact) mass is 380 g/mol. The molecular weight excluding hydrogens is 360 g/mol. The van der Waals surface area contributed by atoms with Crippen LogP contribution in [0.1, 0.15) is 6.42 Å². The number of aromatic nitrogens is 3. The Morgan fingerprint density at radius 3 is 2.70 bits per heavy atom. The van der Waals surface area contributed by atoms with Gasteiger partial charge in [0, 0.05) is 35.8 Å². The van der Waals surface area contributed by atoms with Gasteiger partial charge in [0.1, 0.15) is 5.82 Å². The third-order valence-corrected chi connectivity index (χ3v) is 5.08. The molecule has 3 N–H and O–H groups in total. The predicted molar refractivity (Wildman–Crippen MR) is 110 cm³/mol. The summed E-state index contributed by atoms with van der Waals surface area (Å²) in [5.74, 6) is 4.74. The lowest BCUT2D eigenvalue weighted by molar-refractivity contribution is 0.685. The number of H-pyrrole nitrogens is 1. The van der Waals surface area contributed by atoms with Gasteiger partial charge in [0.15, 0.2) is 0 Å². The molecule has 0 aliphatic carbocycles. The summed E-state index contributed by atoms with van der Waals surface area (Å²) in [5.41, 5.74) is 2.48. The second-order valence-electron chi connectivity index (χ2n) is 6.03. The van der Waals surface area contributed by atoms with Gasteiger partial charge < -0.3 is 15.6 Å². The van der Waals surface area contributed by atoms with E-state index in [1.807, 2.05) is 30.5 Å². The average molecular weight is 380 g/mol. The molecule has 1 atom stereocenters. The van der Waals surface area contributed by atoms with Crippen molar-refractivity contribution in [3.63, 3.8) is 0 Å². The van der Waals surface area contributed by atoms with Gasteiger partial charge in [0.25, 0.3) is 0 Å². The van der Waals surface area contributed by atoms with Crippen molar-refractivity contribution in [2.75, 3.05) is 23.4 Å². The lowest BCUT2D eigenvalue weighted by Crippen LogP contribution is -2.07. The molecule has 0 spiro atoms. The zero-order valence-corrected chi connectivity index (χ0v) is 15.7. The summed E-state index contributed by atoms with van der Waals surface area (Å²) in [6.07, 6.45) is 5.53. The third kappa shape index (κ3) is 4.65. The second-order valence-corrected chi connectivity index (χ2v) is 8.51. The van der Waals surface area contributed by atoms with Gasteiger partial charge in [-0.2, -0.15) is 10.2 Å². The van der Waals surface area contributed by atoms with Crippen LogP contribution in [0.15, 0.2) is 53.7 Å². The molecular formula is C19H20N6OS. The smallest absolute Gasteiger partial charge is 0.229 e. The lowest BCUT2D eigenvalue weighted by Gasteiger charge is -2.12. The fraction of sp³-hybridized carbons (Fsp3) is 0.158. The fourth-order valence-corrected chi connectivity index (χ4v) is 3.18. The van der Waals surface area contributed by atoms with E-state index >= 15 is 0 Å². The van der Waals surface area contributed by atoms with Crippen molar-refractivity contribution in [2.45, 2.75) is 11.3 Å². The molecule has 1 aromatic carbocycles. The van der Waals surface area contributed by atoms with Gasteiger partial charge in [-0.25, -0.2) is 4.98 Å². The van der Waals surface area contributed by atoms with Gasteiger partial charge in [-0.1, -0.05) is 0 Å². The highest BCUT2D eigenvalue weighted by molar-refractivity contribution is 7.99. The summed E-state index contributed by atoms with van der Waals surface area (Å²) in [4.78, 5) is 12.7. The van der Waals surface area contributed by atoms with E-state index in [4.69, 9.17) is 5.26 Å². The Hall–Kier alpha value is -3.31. The molecule has 2 aromatic heterocycles. The molecule has 2 heterocycles. The maximum absolute atomic E-state index is 12.0. The van der Waals surface area contributed by atoms with Crippen LogP contribution in [-0.4, -0.2) is 37.8 Å². The molecule has 0 radical (unpaired) electrons. The molecule has 8 heteroatoms. The fourth-order valence-electron chi connectivity index (χ4n) is 2.46. The van der Waals surface area contributed by atoms with Gasteiger partial charge in [-0.05, 0) is 51.8 Å². The van der Waals surface area contributed by atoms with Crippen molar-refractivity contribution in [2.24, 2.45) is 0 Å². The Kier molecular flexibility index (Phi) is 5.43. The maximum atomic E-state index is 12.0. The Labute approximate surface area is 158 Å². The minimum Gasteiger partial charge on any atom is -0.368 e. The Morgan fingerprint density at radius 2 is 2.07 bits per heavy atom. The van der Waals surface area contributed by atoms with Gasteiger partial charge in [-0.3, -0.25) is 4.21 Å². The van der Waals surface area contributed by atoms with E-state index in [1.54, 1.807) is 24.6 Å². The highest BCUT2D eigenvalue weighted by Gasteiger charge is 2.10. The van der Waals surface area contributed by atoms with E-state index in [0.29, 0.717) is 29.6 Å². The number of anilines is 3. The molecule has 3 rings (SSSR count). The first-order valence-electron chi connectivity index (χ1n) is 8.28. The molecule has 27 heavy (non-hydrogen) atoms. The van der Waals surface area contributed by atoms with E-state index in [1.165, 1.54) is 0 Å². The zero-order chi connectivity index (χ0) is 19.3. The number of hydrogen-bond donors (Lipinski definition) is 3. The first-order chi connectivity index (χ1) is 13.0. The van der Waals surface area contributed by atoms with Crippen LogP contribution in [0.25, 0.3) is 11.3 Å². The van der Waals surface area contributed by atoms with E-state index < -0.39 is 9.52 Å². The summed E-state index contributed by atoms with van der Waals surface area (Å²) < 4.78 is 12.0. The van der Waals surface area contributed by atoms with Crippen LogP contribution < -0.4 is 10.6 Å². The molecule has 1 unspecified atom stereocenters. The van der Waals surface area contributed by atoms with Crippen LogP contribution in [-0.2, 0) is 9.52 Å². The lowest BCUT2D eigenvalue weighted by atomic mass is 10.2. The molecule has 138 valence electrons. The highest BCUT2D eigenvalue weighted by atomic mass is 32.2. The third-order valence-electron chi connectivity index (χ3n) is 3.82. The average Bonchev–Trinajstić information content (AvgIpc) is 3.16. The molecule has 0 saturated carbocycles. The molecule has 3 aromatic rings. The Morgan fingerprint density at radius 1 is 1.30 bits per heavy atom. The van der Waals surface area contributed by atoms with Crippen molar-refractivity contribution in [3.05, 3.63) is 48.8 Å². The van der Waals surface area contributed by atoms with Gasteiger partial charge in [-0.15, -0.1) is 0 Å². The molecule has 0 aliphatic rings. The van der Waals surface area contributed by atoms with Crippen LogP contribution in [0.4, 0.5) is 17.5 Å². The zero-order valence-electron chi connectivity index (χ0n) is 14.9. The normalized spacial score (nSPS) is 12.7. The standard InChI is InChI=1S/C19H20N6OS/c1-27(2,26)15-8-6-14(7-9-15)24-19-23-13-16(17-5-3-11-21-17)18(25-19)22-12-4-10-20/h3,5-9,11,13,21H,1,4,12H2,2H3,(H2,22,23,24,25). The first-order valence-corrected chi connectivity index (χ1v) is 10.4. The number of hydrogen-bond acceptors (Lipinski definition) is 6. The highest BCUT2D eigenvalue weighted by Crippen LogP contribution is 2.26.